The van der Waals surface area contributed by atoms with Gasteiger partial charge < -0.3 is 0 Å². The van der Waals surface area contributed by atoms with E-state index in [-0.39, 0.29) is 11.5 Å². The van der Waals surface area contributed by atoms with Crippen LogP contribution in [-0.4, -0.2) is 34.7 Å². The Labute approximate surface area is 156 Å². The Kier molecular flexibility index (Phi) is 5.06. The topological polar surface area (TPSA) is 64.8 Å². The van der Waals surface area contributed by atoms with Gasteiger partial charge in [-0.15, -0.1) is 6.58 Å². The van der Waals surface area contributed by atoms with Crippen LogP contribution in [0.2, 0.25) is 0 Å². The van der Waals surface area contributed by atoms with Crippen LogP contribution in [0.3, 0.4) is 0 Å². The van der Waals surface area contributed by atoms with Gasteiger partial charge in [-0.1, -0.05) is 44.2 Å². The highest BCUT2D eigenvalue weighted by Crippen LogP contribution is 2.35. The van der Waals surface area contributed by atoms with Crippen molar-refractivity contribution in [2.75, 3.05) is 11.5 Å². The summed E-state index contributed by atoms with van der Waals surface area (Å²) in [6.45, 7) is 10.1. The summed E-state index contributed by atoms with van der Waals surface area (Å²) in [6, 6.07) is 8.08. The molecule has 3 rings (SSSR count). The molecule has 5 nitrogen and oxygen atoms in total. The van der Waals surface area contributed by atoms with Crippen molar-refractivity contribution in [3.63, 3.8) is 0 Å². The summed E-state index contributed by atoms with van der Waals surface area (Å²) in [4.78, 5) is 4.82. The second kappa shape index (κ2) is 6.99. The first-order chi connectivity index (χ1) is 12.2. The molecule has 140 valence electrons. The molecule has 1 aliphatic heterocycles. The third-order valence-corrected chi connectivity index (χ3v) is 6.75. The van der Waals surface area contributed by atoms with Gasteiger partial charge in [-0.05, 0) is 31.2 Å². The normalized spacial score (nSPS) is 22.0. The van der Waals surface area contributed by atoms with Gasteiger partial charge in [0.25, 0.3) is 0 Å². The molecule has 1 unspecified atom stereocenters. The van der Waals surface area contributed by atoms with Crippen molar-refractivity contribution in [3.8, 4) is 11.4 Å². The van der Waals surface area contributed by atoms with Gasteiger partial charge in [-0.3, -0.25) is 0 Å². The number of benzene rings is 1. The van der Waals surface area contributed by atoms with Crippen LogP contribution >= 0.6 is 0 Å². The lowest BCUT2D eigenvalue weighted by atomic mass is 10.00. The van der Waals surface area contributed by atoms with E-state index in [0.717, 1.165) is 35.6 Å². The molecule has 1 atom stereocenters. The highest BCUT2D eigenvalue weighted by Gasteiger charge is 2.42. The van der Waals surface area contributed by atoms with E-state index < -0.39 is 15.4 Å². The first-order valence-electron chi connectivity index (χ1n) is 9.10. The molecule has 1 aromatic heterocycles. The summed E-state index contributed by atoms with van der Waals surface area (Å²) in [5, 5.41) is 4.76. The molecule has 6 heteroatoms. The first-order valence-corrected chi connectivity index (χ1v) is 10.9. The van der Waals surface area contributed by atoms with Gasteiger partial charge in [0.15, 0.2) is 21.5 Å². The van der Waals surface area contributed by atoms with Crippen LogP contribution in [-0.2, 0) is 28.2 Å². The number of sulfone groups is 1. The van der Waals surface area contributed by atoms with E-state index in [4.69, 9.17) is 10.1 Å². The molecule has 1 fully saturated rings. The van der Waals surface area contributed by atoms with Crippen LogP contribution in [0.15, 0.2) is 36.9 Å². The molecule has 0 amide bonds. The van der Waals surface area contributed by atoms with Crippen molar-refractivity contribution in [2.45, 2.75) is 45.6 Å². The third kappa shape index (κ3) is 3.75. The number of hydrogen-bond donors (Lipinski definition) is 0. The third-order valence-electron chi connectivity index (χ3n) is 4.86. The molecular weight excluding hydrogens is 346 g/mol. The van der Waals surface area contributed by atoms with Crippen LogP contribution in [0, 0.1) is 5.92 Å². The second-order valence-corrected chi connectivity index (χ2v) is 10.0. The Balaban J connectivity index is 2.15. The highest BCUT2D eigenvalue weighted by atomic mass is 32.2. The summed E-state index contributed by atoms with van der Waals surface area (Å²) < 4.78 is 26.2. The van der Waals surface area contributed by atoms with Crippen LogP contribution in [0.5, 0.6) is 0 Å². The quantitative estimate of drug-likeness (QED) is 0.728. The van der Waals surface area contributed by atoms with Crippen molar-refractivity contribution in [2.24, 2.45) is 5.92 Å². The SMILES string of the molecule is C=CCc1ccccc1-c1nc(CC(C)C)nn1C1(C)CCS(=O)(=O)C1. The summed E-state index contributed by atoms with van der Waals surface area (Å²) in [5.74, 6) is 2.28. The lowest BCUT2D eigenvalue weighted by Crippen LogP contribution is -2.33. The maximum Gasteiger partial charge on any atom is 0.159 e. The van der Waals surface area contributed by atoms with Crippen molar-refractivity contribution in [1.29, 1.82) is 0 Å². The number of nitrogens with zero attached hydrogens (tertiary/aromatic N) is 3. The van der Waals surface area contributed by atoms with E-state index in [9.17, 15) is 8.42 Å². The average Bonchev–Trinajstić information content (AvgIpc) is 3.09. The van der Waals surface area contributed by atoms with E-state index in [0.29, 0.717) is 12.3 Å². The van der Waals surface area contributed by atoms with Gasteiger partial charge in [0.1, 0.15) is 0 Å². The van der Waals surface area contributed by atoms with Crippen LogP contribution < -0.4 is 0 Å². The van der Waals surface area contributed by atoms with E-state index in [1.54, 1.807) is 0 Å². The minimum Gasteiger partial charge on any atom is -0.239 e. The number of hydrogen-bond acceptors (Lipinski definition) is 4. The fourth-order valence-electron chi connectivity index (χ4n) is 3.59. The van der Waals surface area contributed by atoms with Crippen LogP contribution in [0.1, 0.15) is 38.6 Å². The van der Waals surface area contributed by atoms with Crippen LogP contribution in [0.4, 0.5) is 0 Å². The molecule has 2 aromatic rings. The summed E-state index contributed by atoms with van der Waals surface area (Å²) in [6.07, 6.45) is 3.94. The lowest BCUT2D eigenvalue weighted by molar-refractivity contribution is 0.329. The molecule has 0 radical (unpaired) electrons. The zero-order valence-corrected chi connectivity index (χ0v) is 16.6. The van der Waals surface area contributed by atoms with Gasteiger partial charge in [-0.2, -0.15) is 5.10 Å². The number of aromatic nitrogens is 3. The average molecular weight is 374 g/mol. The Hall–Kier alpha value is -1.95. The summed E-state index contributed by atoms with van der Waals surface area (Å²) in [5.41, 5.74) is 1.56. The Morgan fingerprint density at radius 2 is 2.08 bits per heavy atom. The van der Waals surface area contributed by atoms with Crippen molar-refractivity contribution in [3.05, 3.63) is 48.3 Å². The molecule has 1 aliphatic rings. The van der Waals surface area contributed by atoms with Gasteiger partial charge in [-0.25, -0.2) is 18.1 Å². The number of rotatable bonds is 6. The molecule has 0 spiro atoms. The maximum absolute atomic E-state index is 12.1. The predicted molar refractivity (Wildman–Crippen MR) is 105 cm³/mol. The van der Waals surface area contributed by atoms with Crippen LogP contribution in [0.25, 0.3) is 11.4 Å². The minimum atomic E-state index is -3.04. The van der Waals surface area contributed by atoms with Crippen molar-refractivity contribution in [1.82, 2.24) is 14.8 Å². The zero-order chi connectivity index (χ0) is 18.9. The first kappa shape index (κ1) is 18.8. The molecule has 0 N–H and O–H groups in total. The van der Waals surface area contributed by atoms with Gasteiger partial charge in [0, 0.05) is 12.0 Å². The molecule has 1 saturated heterocycles. The molecule has 26 heavy (non-hydrogen) atoms. The molecule has 1 aromatic carbocycles. The van der Waals surface area contributed by atoms with Gasteiger partial charge >= 0.3 is 0 Å². The number of allylic oxidation sites excluding steroid dienone is 1. The van der Waals surface area contributed by atoms with E-state index in [1.165, 1.54) is 0 Å². The van der Waals surface area contributed by atoms with E-state index >= 15 is 0 Å². The Morgan fingerprint density at radius 3 is 2.69 bits per heavy atom. The highest BCUT2D eigenvalue weighted by molar-refractivity contribution is 7.91. The van der Waals surface area contributed by atoms with Crippen molar-refractivity contribution >= 4 is 9.84 Å². The molecule has 0 aliphatic carbocycles. The molecule has 0 saturated carbocycles. The molecule has 2 heterocycles. The maximum atomic E-state index is 12.1. The van der Waals surface area contributed by atoms with Gasteiger partial charge in [0.05, 0.1) is 17.0 Å². The van der Waals surface area contributed by atoms with E-state index in [1.807, 2.05) is 35.9 Å². The largest absolute Gasteiger partial charge is 0.239 e. The Bertz CT molecular complexity index is 915. The fraction of sp³-hybridized carbons (Fsp3) is 0.500. The zero-order valence-electron chi connectivity index (χ0n) is 15.8. The van der Waals surface area contributed by atoms with E-state index in [2.05, 4.69) is 26.5 Å². The second-order valence-electron chi connectivity index (χ2n) is 7.85. The standard InChI is InChI=1S/C20H27N3O2S/c1-5-8-16-9-6-7-10-17(16)19-21-18(13-15(2)3)22-23(19)20(4)11-12-26(24,25)14-20/h5-7,9-10,15H,1,8,11-14H2,2-4H3. The summed E-state index contributed by atoms with van der Waals surface area (Å²) >= 11 is 0. The smallest absolute Gasteiger partial charge is 0.159 e. The predicted octanol–water partition coefficient (Wildman–Crippen LogP) is 3.41. The molecular formula is C20H27N3O2S. The molecule has 0 bridgehead atoms. The monoisotopic (exact) mass is 373 g/mol. The fourth-order valence-corrected chi connectivity index (χ4v) is 5.70. The van der Waals surface area contributed by atoms with Gasteiger partial charge in [0.2, 0.25) is 0 Å². The Morgan fingerprint density at radius 1 is 1.35 bits per heavy atom. The summed E-state index contributed by atoms with van der Waals surface area (Å²) in [7, 11) is -3.04. The minimum absolute atomic E-state index is 0.112. The lowest BCUT2D eigenvalue weighted by Gasteiger charge is -2.25. The van der Waals surface area contributed by atoms with Crippen molar-refractivity contribution < 1.29 is 8.42 Å².